The highest BCUT2D eigenvalue weighted by Gasteiger charge is 2.10. The Balaban J connectivity index is 1.71. The molecule has 0 aliphatic carbocycles. The third-order valence-electron chi connectivity index (χ3n) is 4.37. The zero-order valence-corrected chi connectivity index (χ0v) is 14.9. The lowest BCUT2D eigenvalue weighted by atomic mass is 10.1. The van der Waals surface area contributed by atoms with E-state index in [0.717, 1.165) is 16.6 Å². The van der Waals surface area contributed by atoms with E-state index in [1.165, 1.54) is 5.56 Å². The SMILES string of the molecule is Cn1c(-c2ccccc2)cc2cc(Oc3ccc(C#N)cc3Cl)ccc21. The van der Waals surface area contributed by atoms with Crippen LogP contribution in [0, 0.1) is 11.3 Å². The minimum atomic E-state index is 0.419. The molecular weight excluding hydrogens is 344 g/mol. The molecule has 0 atom stereocenters. The van der Waals surface area contributed by atoms with Crippen molar-refractivity contribution in [2.75, 3.05) is 0 Å². The Morgan fingerprint density at radius 2 is 1.77 bits per heavy atom. The van der Waals surface area contributed by atoms with Crippen molar-refractivity contribution in [3.63, 3.8) is 0 Å². The Morgan fingerprint density at radius 1 is 0.962 bits per heavy atom. The Bertz CT molecular complexity index is 1140. The van der Waals surface area contributed by atoms with E-state index >= 15 is 0 Å². The van der Waals surface area contributed by atoms with Crippen LogP contribution in [-0.4, -0.2) is 4.57 Å². The molecule has 0 unspecified atom stereocenters. The minimum absolute atomic E-state index is 0.419. The first kappa shape index (κ1) is 16.3. The van der Waals surface area contributed by atoms with Crippen molar-refractivity contribution in [1.82, 2.24) is 4.57 Å². The van der Waals surface area contributed by atoms with Crippen LogP contribution in [-0.2, 0) is 7.05 Å². The van der Waals surface area contributed by atoms with Gasteiger partial charge in [-0.15, -0.1) is 0 Å². The predicted octanol–water partition coefficient (Wildman–Crippen LogP) is 6.16. The van der Waals surface area contributed by atoms with Gasteiger partial charge in [-0.1, -0.05) is 41.9 Å². The van der Waals surface area contributed by atoms with Gasteiger partial charge in [0.25, 0.3) is 0 Å². The summed E-state index contributed by atoms with van der Waals surface area (Å²) in [6.07, 6.45) is 0. The Labute approximate surface area is 156 Å². The summed E-state index contributed by atoms with van der Waals surface area (Å²) >= 11 is 6.21. The summed E-state index contributed by atoms with van der Waals surface area (Å²) in [5.41, 5.74) is 3.95. The van der Waals surface area contributed by atoms with E-state index in [4.69, 9.17) is 21.6 Å². The third-order valence-corrected chi connectivity index (χ3v) is 4.67. The van der Waals surface area contributed by atoms with Crippen molar-refractivity contribution >= 4 is 22.5 Å². The quantitative estimate of drug-likeness (QED) is 0.439. The molecule has 0 amide bonds. The summed E-state index contributed by atoms with van der Waals surface area (Å²) < 4.78 is 8.09. The van der Waals surface area contributed by atoms with E-state index in [-0.39, 0.29) is 0 Å². The second-order valence-corrected chi connectivity index (χ2v) is 6.44. The first-order valence-electron chi connectivity index (χ1n) is 8.18. The molecule has 4 rings (SSSR count). The molecule has 0 saturated heterocycles. The lowest BCUT2D eigenvalue weighted by Gasteiger charge is -2.08. The minimum Gasteiger partial charge on any atom is -0.456 e. The fourth-order valence-electron chi connectivity index (χ4n) is 3.06. The number of fused-ring (bicyclic) bond motifs is 1. The van der Waals surface area contributed by atoms with Gasteiger partial charge >= 0.3 is 0 Å². The average molecular weight is 359 g/mol. The molecule has 3 nitrogen and oxygen atoms in total. The number of hydrogen-bond donors (Lipinski definition) is 0. The number of rotatable bonds is 3. The number of halogens is 1. The molecule has 1 aromatic heterocycles. The van der Waals surface area contributed by atoms with E-state index in [2.05, 4.69) is 35.9 Å². The van der Waals surface area contributed by atoms with Crippen LogP contribution in [0.3, 0.4) is 0 Å². The van der Waals surface area contributed by atoms with E-state index in [1.807, 2.05) is 36.4 Å². The molecule has 4 heteroatoms. The topological polar surface area (TPSA) is 38.0 Å². The van der Waals surface area contributed by atoms with Gasteiger partial charge in [-0.05, 0) is 48.0 Å². The predicted molar refractivity (Wildman–Crippen MR) is 105 cm³/mol. The van der Waals surface area contributed by atoms with Gasteiger partial charge in [0.1, 0.15) is 11.5 Å². The number of nitriles is 1. The molecule has 0 spiro atoms. The van der Waals surface area contributed by atoms with Gasteiger partial charge in [-0.2, -0.15) is 5.26 Å². The highest BCUT2D eigenvalue weighted by atomic mass is 35.5. The molecule has 0 aliphatic rings. The molecule has 26 heavy (non-hydrogen) atoms. The molecule has 126 valence electrons. The maximum atomic E-state index is 8.93. The molecule has 0 aliphatic heterocycles. The summed E-state index contributed by atoms with van der Waals surface area (Å²) in [7, 11) is 2.06. The summed E-state index contributed by atoms with van der Waals surface area (Å²) in [5, 5.41) is 10.4. The normalized spacial score (nSPS) is 10.7. The number of hydrogen-bond acceptors (Lipinski definition) is 2. The van der Waals surface area contributed by atoms with Gasteiger partial charge in [0.15, 0.2) is 0 Å². The van der Waals surface area contributed by atoms with Crippen molar-refractivity contribution < 1.29 is 4.74 Å². The van der Waals surface area contributed by atoms with Crippen LogP contribution >= 0.6 is 11.6 Å². The van der Waals surface area contributed by atoms with E-state index < -0.39 is 0 Å². The number of aryl methyl sites for hydroxylation is 1. The number of benzene rings is 3. The molecular formula is C22H15ClN2O. The van der Waals surface area contributed by atoms with Crippen LogP contribution in [0.2, 0.25) is 5.02 Å². The van der Waals surface area contributed by atoms with E-state index in [9.17, 15) is 0 Å². The molecule has 4 aromatic rings. The Hall–Kier alpha value is -3.22. The monoisotopic (exact) mass is 358 g/mol. The maximum Gasteiger partial charge on any atom is 0.146 e. The molecule has 0 saturated carbocycles. The lowest BCUT2D eigenvalue weighted by molar-refractivity contribution is 0.483. The second kappa shape index (κ2) is 6.59. The van der Waals surface area contributed by atoms with Gasteiger partial charge in [-0.3, -0.25) is 0 Å². The largest absolute Gasteiger partial charge is 0.456 e. The lowest BCUT2D eigenvalue weighted by Crippen LogP contribution is -1.91. The Kier molecular flexibility index (Phi) is 4.12. The van der Waals surface area contributed by atoms with Gasteiger partial charge in [0.2, 0.25) is 0 Å². The first-order valence-corrected chi connectivity index (χ1v) is 8.56. The van der Waals surface area contributed by atoms with Gasteiger partial charge in [0, 0.05) is 23.6 Å². The highest BCUT2D eigenvalue weighted by molar-refractivity contribution is 6.32. The van der Waals surface area contributed by atoms with E-state index in [1.54, 1.807) is 18.2 Å². The van der Waals surface area contributed by atoms with Crippen LogP contribution in [0.5, 0.6) is 11.5 Å². The third kappa shape index (κ3) is 2.92. The molecule has 0 N–H and O–H groups in total. The summed E-state index contributed by atoms with van der Waals surface area (Å²) in [5.74, 6) is 1.23. The van der Waals surface area contributed by atoms with Crippen molar-refractivity contribution in [3.05, 3.63) is 83.4 Å². The van der Waals surface area contributed by atoms with Crippen LogP contribution < -0.4 is 4.74 Å². The van der Waals surface area contributed by atoms with Gasteiger partial charge < -0.3 is 9.30 Å². The van der Waals surface area contributed by atoms with E-state index in [0.29, 0.717) is 22.1 Å². The van der Waals surface area contributed by atoms with Gasteiger partial charge in [-0.25, -0.2) is 0 Å². The summed E-state index contributed by atoms with van der Waals surface area (Å²) in [6.45, 7) is 0. The average Bonchev–Trinajstić information content (AvgIpc) is 3.00. The zero-order valence-electron chi connectivity index (χ0n) is 14.1. The van der Waals surface area contributed by atoms with Crippen molar-refractivity contribution in [2.45, 2.75) is 0 Å². The summed E-state index contributed by atoms with van der Waals surface area (Å²) in [6, 6.07) is 25.5. The smallest absolute Gasteiger partial charge is 0.146 e. The fourth-order valence-corrected chi connectivity index (χ4v) is 3.28. The van der Waals surface area contributed by atoms with Crippen molar-refractivity contribution in [2.24, 2.45) is 7.05 Å². The standard InChI is InChI=1S/C22H15ClN2O/c1-25-20-9-8-18(26-22-10-7-15(14-24)11-19(22)23)12-17(20)13-21(25)16-5-3-2-4-6-16/h2-13H,1H3. The van der Waals surface area contributed by atoms with Crippen LogP contribution in [0.15, 0.2) is 72.8 Å². The number of ether oxygens (including phenoxy) is 1. The second-order valence-electron chi connectivity index (χ2n) is 6.03. The molecule has 0 radical (unpaired) electrons. The highest BCUT2D eigenvalue weighted by Crippen LogP contribution is 2.34. The van der Waals surface area contributed by atoms with Crippen LogP contribution in [0.1, 0.15) is 5.56 Å². The summed E-state index contributed by atoms with van der Waals surface area (Å²) in [4.78, 5) is 0. The number of nitrogens with zero attached hydrogens (tertiary/aromatic N) is 2. The Morgan fingerprint density at radius 3 is 2.50 bits per heavy atom. The van der Waals surface area contributed by atoms with Crippen molar-refractivity contribution in [1.29, 1.82) is 5.26 Å². The van der Waals surface area contributed by atoms with Crippen LogP contribution in [0.25, 0.3) is 22.2 Å². The zero-order chi connectivity index (χ0) is 18.1. The number of aromatic nitrogens is 1. The van der Waals surface area contributed by atoms with Gasteiger partial charge in [0.05, 0.1) is 16.7 Å². The maximum absolute atomic E-state index is 8.93. The first-order chi connectivity index (χ1) is 12.7. The molecule has 1 heterocycles. The fraction of sp³-hybridized carbons (Fsp3) is 0.0455. The molecule has 3 aromatic carbocycles. The van der Waals surface area contributed by atoms with Crippen molar-refractivity contribution in [3.8, 4) is 28.8 Å². The van der Waals surface area contributed by atoms with Crippen LogP contribution in [0.4, 0.5) is 0 Å². The molecule has 0 bridgehead atoms. The molecule has 0 fully saturated rings.